The first-order chi connectivity index (χ1) is 9.54. The van der Waals surface area contributed by atoms with Gasteiger partial charge in [-0.05, 0) is 71.6 Å². The maximum Gasteiger partial charge on any atom is 0.303 e. The molecule has 2 saturated carbocycles. The van der Waals surface area contributed by atoms with Crippen LogP contribution in [0.2, 0.25) is 0 Å². The molecule has 0 amide bonds. The fourth-order valence-corrected chi connectivity index (χ4v) is 3.41. The predicted octanol–water partition coefficient (Wildman–Crippen LogP) is 4.27. The van der Waals surface area contributed by atoms with E-state index in [9.17, 15) is 9.90 Å². The number of ether oxygens (including phenoxy) is 1. The summed E-state index contributed by atoms with van der Waals surface area (Å²) in [6.45, 7) is 2.04. The van der Waals surface area contributed by atoms with Crippen LogP contribution >= 0.6 is 15.9 Å². The molecule has 3 rings (SSSR count). The van der Waals surface area contributed by atoms with Crippen molar-refractivity contribution in [3.8, 4) is 5.75 Å². The molecule has 20 heavy (non-hydrogen) atoms. The highest BCUT2D eigenvalue weighted by atomic mass is 79.9. The summed E-state index contributed by atoms with van der Waals surface area (Å²) < 4.78 is 7.00. The molecular formula is C16H19BrO3. The van der Waals surface area contributed by atoms with Gasteiger partial charge in [-0.15, -0.1) is 0 Å². The minimum atomic E-state index is -0.725. The van der Waals surface area contributed by atoms with Gasteiger partial charge in [0.05, 0.1) is 17.0 Å². The van der Waals surface area contributed by atoms with Gasteiger partial charge in [-0.2, -0.15) is 0 Å². The molecule has 0 aliphatic heterocycles. The molecule has 3 nitrogen and oxygen atoms in total. The van der Waals surface area contributed by atoms with Crippen molar-refractivity contribution in [3.63, 3.8) is 0 Å². The van der Waals surface area contributed by atoms with E-state index in [0.29, 0.717) is 12.0 Å². The van der Waals surface area contributed by atoms with E-state index in [1.54, 1.807) is 0 Å². The summed E-state index contributed by atoms with van der Waals surface area (Å²) in [6.07, 6.45) is 4.98. The number of carboxylic acids is 1. The van der Waals surface area contributed by atoms with Gasteiger partial charge < -0.3 is 9.84 Å². The van der Waals surface area contributed by atoms with E-state index in [0.717, 1.165) is 47.0 Å². The molecule has 1 aromatic rings. The monoisotopic (exact) mass is 338 g/mol. The Morgan fingerprint density at radius 1 is 1.40 bits per heavy atom. The van der Waals surface area contributed by atoms with E-state index < -0.39 is 5.97 Å². The molecule has 0 radical (unpaired) electrons. The highest BCUT2D eigenvalue weighted by Gasteiger charge is 2.37. The molecule has 2 aliphatic rings. The molecule has 2 fully saturated rings. The largest absolute Gasteiger partial charge is 0.489 e. The van der Waals surface area contributed by atoms with Gasteiger partial charge in [-0.1, -0.05) is 6.07 Å². The minimum absolute atomic E-state index is 0.0810. The number of hydrogen-bond acceptors (Lipinski definition) is 2. The average molecular weight is 339 g/mol. The van der Waals surface area contributed by atoms with Gasteiger partial charge in [-0.25, -0.2) is 0 Å². The zero-order valence-electron chi connectivity index (χ0n) is 11.6. The Bertz CT molecular complexity index is 533. The average Bonchev–Trinajstić information content (AvgIpc) is 3.23. The molecule has 4 heteroatoms. The van der Waals surface area contributed by atoms with Crippen molar-refractivity contribution >= 4 is 21.9 Å². The van der Waals surface area contributed by atoms with Crippen LogP contribution in [0.15, 0.2) is 16.6 Å². The first-order valence-electron chi connectivity index (χ1n) is 7.23. The number of rotatable bonds is 6. The molecule has 0 bridgehead atoms. The SMILES string of the molecule is Cc1cc(Br)c(OC2CC2)c(C(CC(=O)O)C2CC2)c1. The van der Waals surface area contributed by atoms with Gasteiger partial charge in [0.1, 0.15) is 5.75 Å². The third kappa shape index (κ3) is 3.17. The van der Waals surface area contributed by atoms with Gasteiger partial charge in [0.25, 0.3) is 0 Å². The minimum Gasteiger partial charge on any atom is -0.489 e. The molecule has 0 spiro atoms. The second-order valence-corrected chi connectivity index (χ2v) is 6.88. The van der Waals surface area contributed by atoms with E-state index in [1.165, 1.54) is 0 Å². The molecule has 1 atom stereocenters. The van der Waals surface area contributed by atoms with Gasteiger partial charge >= 0.3 is 5.97 Å². The van der Waals surface area contributed by atoms with Crippen LogP contribution in [0.25, 0.3) is 0 Å². The smallest absolute Gasteiger partial charge is 0.303 e. The maximum atomic E-state index is 11.2. The summed E-state index contributed by atoms with van der Waals surface area (Å²) in [5.74, 6) is 0.729. The Kier molecular flexibility index (Phi) is 3.76. The van der Waals surface area contributed by atoms with Crippen LogP contribution in [0.5, 0.6) is 5.75 Å². The lowest BCUT2D eigenvalue weighted by Gasteiger charge is -2.21. The summed E-state index contributed by atoms with van der Waals surface area (Å²) in [7, 11) is 0. The summed E-state index contributed by atoms with van der Waals surface area (Å²) in [6, 6.07) is 4.15. The normalized spacial score (nSPS) is 19.7. The van der Waals surface area contributed by atoms with Crippen LogP contribution in [-0.4, -0.2) is 17.2 Å². The van der Waals surface area contributed by atoms with E-state index in [-0.39, 0.29) is 12.3 Å². The molecule has 1 aromatic carbocycles. The van der Waals surface area contributed by atoms with E-state index in [1.807, 2.05) is 13.0 Å². The first kappa shape index (κ1) is 13.9. The number of benzene rings is 1. The van der Waals surface area contributed by atoms with Crippen molar-refractivity contribution in [2.75, 3.05) is 0 Å². The van der Waals surface area contributed by atoms with Crippen LogP contribution in [-0.2, 0) is 4.79 Å². The maximum absolute atomic E-state index is 11.2. The summed E-state index contributed by atoms with van der Waals surface area (Å²) in [5.41, 5.74) is 2.22. The van der Waals surface area contributed by atoms with Crippen molar-refractivity contribution in [1.29, 1.82) is 0 Å². The molecule has 0 saturated heterocycles. The van der Waals surface area contributed by atoms with Crippen LogP contribution in [0.3, 0.4) is 0 Å². The van der Waals surface area contributed by atoms with E-state index in [4.69, 9.17) is 4.74 Å². The fraction of sp³-hybridized carbons (Fsp3) is 0.562. The van der Waals surface area contributed by atoms with Crippen molar-refractivity contribution in [1.82, 2.24) is 0 Å². The molecule has 2 aliphatic carbocycles. The van der Waals surface area contributed by atoms with Crippen molar-refractivity contribution in [2.45, 2.75) is 51.0 Å². The van der Waals surface area contributed by atoms with Crippen molar-refractivity contribution < 1.29 is 14.6 Å². The predicted molar refractivity (Wildman–Crippen MR) is 80.2 cm³/mol. The topological polar surface area (TPSA) is 46.5 Å². The Morgan fingerprint density at radius 3 is 2.65 bits per heavy atom. The number of carbonyl (C=O) groups is 1. The molecular weight excluding hydrogens is 320 g/mol. The zero-order chi connectivity index (χ0) is 14.3. The van der Waals surface area contributed by atoms with Crippen LogP contribution in [0.1, 0.15) is 49.1 Å². The standard InChI is InChI=1S/C16H19BrO3/c1-9-6-13(12(8-15(18)19)10-2-3-10)16(14(17)7-9)20-11-4-5-11/h6-7,10-12H,2-5,8H2,1H3,(H,18,19). The number of halogens is 1. The number of aliphatic carboxylic acids is 1. The van der Waals surface area contributed by atoms with Crippen LogP contribution < -0.4 is 4.74 Å². The van der Waals surface area contributed by atoms with Crippen molar-refractivity contribution in [2.24, 2.45) is 5.92 Å². The second kappa shape index (κ2) is 5.40. The summed E-state index contributed by atoms with van der Waals surface area (Å²) in [5, 5.41) is 9.19. The van der Waals surface area contributed by atoms with Gasteiger partial charge in [-0.3, -0.25) is 4.79 Å². The molecule has 1 N–H and O–H groups in total. The molecule has 1 unspecified atom stereocenters. The van der Waals surface area contributed by atoms with Gasteiger partial charge in [0.2, 0.25) is 0 Å². The second-order valence-electron chi connectivity index (χ2n) is 6.02. The Hall–Kier alpha value is -1.03. The van der Waals surface area contributed by atoms with Crippen LogP contribution in [0, 0.1) is 12.8 Å². The first-order valence-corrected chi connectivity index (χ1v) is 8.02. The third-order valence-electron chi connectivity index (χ3n) is 4.01. The van der Waals surface area contributed by atoms with Crippen LogP contribution in [0.4, 0.5) is 0 Å². The number of carboxylic acid groups (broad SMARTS) is 1. The van der Waals surface area contributed by atoms with E-state index >= 15 is 0 Å². The lowest BCUT2D eigenvalue weighted by Crippen LogP contribution is -2.11. The summed E-state index contributed by atoms with van der Waals surface area (Å²) >= 11 is 3.59. The van der Waals surface area contributed by atoms with E-state index in [2.05, 4.69) is 22.0 Å². The summed E-state index contributed by atoms with van der Waals surface area (Å²) in [4.78, 5) is 11.2. The molecule has 108 valence electrons. The third-order valence-corrected chi connectivity index (χ3v) is 4.60. The Morgan fingerprint density at radius 2 is 2.10 bits per heavy atom. The lowest BCUT2D eigenvalue weighted by molar-refractivity contribution is -0.137. The lowest BCUT2D eigenvalue weighted by atomic mass is 9.89. The van der Waals surface area contributed by atoms with Crippen molar-refractivity contribution in [3.05, 3.63) is 27.7 Å². The Balaban J connectivity index is 1.97. The van der Waals surface area contributed by atoms with Gasteiger partial charge in [0.15, 0.2) is 0 Å². The fourth-order valence-electron chi connectivity index (χ4n) is 2.73. The molecule has 0 aromatic heterocycles. The highest BCUT2D eigenvalue weighted by Crippen LogP contribution is 2.49. The van der Waals surface area contributed by atoms with Gasteiger partial charge in [0, 0.05) is 5.92 Å². The quantitative estimate of drug-likeness (QED) is 0.842. The number of aryl methyl sites for hydroxylation is 1. The zero-order valence-corrected chi connectivity index (χ0v) is 13.1. The highest BCUT2D eigenvalue weighted by molar-refractivity contribution is 9.10. The number of hydrogen-bond donors (Lipinski definition) is 1. The Labute approximate surface area is 127 Å². The molecule has 0 heterocycles.